The van der Waals surface area contributed by atoms with Crippen LogP contribution in [0.5, 0.6) is 0 Å². The van der Waals surface area contributed by atoms with E-state index in [1.54, 1.807) is 29.4 Å². The van der Waals surface area contributed by atoms with Crippen LogP contribution in [0.2, 0.25) is 0 Å². The van der Waals surface area contributed by atoms with Crippen molar-refractivity contribution in [3.8, 4) is 0 Å². The molecule has 0 spiro atoms. The average molecular weight is 487 g/mol. The maximum absolute atomic E-state index is 5.89. The molecule has 0 aliphatic carbocycles. The van der Waals surface area contributed by atoms with E-state index in [4.69, 9.17) is 18.0 Å². The van der Waals surface area contributed by atoms with Crippen LogP contribution in [0.3, 0.4) is 0 Å². The maximum atomic E-state index is 5.89. The number of nitrogens with one attached hydrogen (secondary N) is 4. The highest BCUT2D eigenvalue weighted by molar-refractivity contribution is 7.98. The smallest absolute Gasteiger partial charge is 0.188 e. The molecule has 0 aliphatic rings. The molecule has 30 heavy (non-hydrogen) atoms. The van der Waals surface area contributed by atoms with Gasteiger partial charge in [0.1, 0.15) is 5.01 Å². The zero-order valence-electron chi connectivity index (χ0n) is 17.1. The number of H-pyrrole nitrogens is 1. The predicted molar refractivity (Wildman–Crippen MR) is 135 cm³/mol. The molecule has 0 amide bonds. The number of nitrogens with zero attached hydrogens (tertiary/aromatic N) is 3. The summed E-state index contributed by atoms with van der Waals surface area (Å²) >= 11 is 10.6. The van der Waals surface area contributed by atoms with E-state index in [0.29, 0.717) is 17.6 Å². The number of thioether (sulfide) groups is 2. The molecule has 0 aliphatic heterocycles. The lowest BCUT2D eigenvalue weighted by Crippen LogP contribution is -2.38. The Hall–Kier alpha value is -1.50. The van der Waals surface area contributed by atoms with Crippen LogP contribution >= 0.6 is 47.1 Å². The van der Waals surface area contributed by atoms with E-state index < -0.39 is 0 Å². The minimum atomic E-state index is 0.490. The number of aryl methyl sites for hydroxylation is 1. The first-order valence-corrected chi connectivity index (χ1v) is 13.3. The van der Waals surface area contributed by atoms with Gasteiger partial charge in [-0.3, -0.25) is 4.99 Å². The first kappa shape index (κ1) is 24.8. The number of aromatic nitrogens is 3. The Kier molecular flexibility index (Phi) is 12.7. The summed E-state index contributed by atoms with van der Waals surface area (Å²) in [4.78, 5) is 16.0. The van der Waals surface area contributed by atoms with Crippen molar-refractivity contribution in [2.75, 3.05) is 37.7 Å². The van der Waals surface area contributed by atoms with Crippen LogP contribution in [0, 0.1) is 6.92 Å². The highest BCUT2D eigenvalue weighted by Crippen LogP contribution is 2.13. The van der Waals surface area contributed by atoms with Gasteiger partial charge in [0.2, 0.25) is 0 Å². The van der Waals surface area contributed by atoms with Crippen LogP contribution < -0.4 is 21.7 Å². The summed E-state index contributed by atoms with van der Waals surface area (Å²) in [6.07, 6.45) is 4.48. The van der Waals surface area contributed by atoms with Crippen LogP contribution in [-0.4, -0.2) is 63.7 Å². The molecule has 0 aromatic carbocycles. The number of aromatic amines is 1. The second-order valence-electron chi connectivity index (χ2n) is 6.24. The summed E-state index contributed by atoms with van der Waals surface area (Å²) in [5.74, 6) is 4.25. The highest BCUT2D eigenvalue weighted by atomic mass is 32.2. The molecular weight excluding hydrogens is 457 g/mol. The summed E-state index contributed by atoms with van der Waals surface area (Å²) < 4.78 is 0. The van der Waals surface area contributed by atoms with E-state index >= 15 is 0 Å². The Balaban J connectivity index is 1.38. The van der Waals surface area contributed by atoms with Crippen molar-refractivity contribution in [1.82, 2.24) is 30.9 Å². The number of guanidine groups is 1. The van der Waals surface area contributed by atoms with Crippen molar-refractivity contribution in [1.29, 1.82) is 0 Å². The lowest BCUT2D eigenvalue weighted by Gasteiger charge is -2.10. The van der Waals surface area contributed by atoms with Crippen LogP contribution in [0.15, 0.2) is 22.9 Å². The number of thiazole rings is 1. The van der Waals surface area contributed by atoms with Gasteiger partial charge in [-0.05, 0) is 25.6 Å². The van der Waals surface area contributed by atoms with Gasteiger partial charge in [-0.15, -0.1) is 11.3 Å². The molecule has 8 nitrogen and oxygen atoms in total. The van der Waals surface area contributed by atoms with Gasteiger partial charge >= 0.3 is 0 Å². The molecule has 2 aromatic heterocycles. The summed E-state index contributed by atoms with van der Waals surface area (Å²) in [5, 5.41) is 13.4. The highest BCUT2D eigenvalue weighted by Gasteiger charge is 2.01. The molecule has 0 radical (unpaired) electrons. The average Bonchev–Trinajstić information content (AvgIpc) is 3.39. The summed E-state index contributed by atoms with van der Waals surface area (Å²) in [5.41, 5.74) is 8.12. The van der Waals surface area contributed by atoms with Gasteiger partial charge in [0.15, 0.2) is 11.1 Å². The largest absolute Gasteiger partial charge is 0.370 e. The maximum Gasteiger partial charge on any atom is 0.188 e. The lowest BCUT2D eigenvalue weighted by atomic mass is 10.4. The van der Waals surface area contributed by atoms with Crippen LogP contribution in [0.1, 0.15) is 22.8 Å². The number of nitrogens with two attached hydrogens (primary N) is 1. The lowest BCUT2D eigenvalue weighted by molar-refractivity contribution is 0.729. The number of aliphatic imine (C=N–C) groups is 1. The molecule has 0 fully saturated rings. The topological polar surface area (TPSA) is 116 Å². The first-order chi connectivity index (χ1) is 14.6. The molecule has 0 atom stereocenters. The molecular formula is C18H30N8S4. The fourth-order valence-electron chi connectivity index (χ4n) is 2.28. The monoisotopic (exact) mass is 486 g/mol. The fraction of sp³-hybridized carbons (Fsp3) is 0.556. The normalized spacial score (nSPS) is 11.4. The number of rotatable bonds is 14. The molecule has 0 unspecified atom stereocenters. The molecule has 0 bridgehead atoms. The van der Waals surface area contributed by atoms with E-state index in [2.05, 4.69) is 35.9 Å². The quantitative estimate of drug-likeness (QED) is 0.118. The Morgan fingerprint density at radius 2 is 1.97 bits per heavy atom. The van der Waals surface area contributed by atoms with E-state index in [0.717, 1.165) is 60.5 Å². The minimum Gasteiger partial charge on any atom is -0.370 e. The van der Waals surface area contributed by atoms with E-state index in [1.807, 2.05) is 30.3 Å². The van der Waals surface area contributed by atoms with Crippen LogP contribution in [0.4, 0.5) is 0 Å². The third-order valence-electron chi connectivity index (χ3n) is 3.88. The molecule has 2 heterocycles. The van der Waals surface area contributed by atoms with E-state index in [9.17, 15) is 0 Å². The van der Waals surface area contributed by atoms with Crippen LogP contribution in [-0.2, 0) is 11.5 Å². The Labute approximate surface area is 196 Å². The van der Waals surface area contributed by atoms with Gasteiger partial charge in [-0.1, -0.05) is 0 Å². The van der Waals surface area contributed by atoms with Crippen molar-refractivity contribution in [3.63, 3.8) is 0 Å². The molecule has 12 heteroatoms. The molecule has 0 saturated carbocycles. The van der Waals surface area contributed by atoms with E-state index in [-0.39, 0.29) is 0 Å². The minimum absolute atomic E-state index is 0.490. The summed E-state index contributed by atoms with van der Waals surface area (Å²) in [6, 6.07) is 0. The van der Waals surface area contributed by atoms with Crippen molar-refractivity contribution in [3.05, 3.63) is 34.3 Å². The van der Waals surface area contributed by atoms with Crippen molar-refractivity contribution >= 4 is 58.2 Å². The van der Waals surface area contributed by atoms with Crippen LogP contribution in [0.25, 0.3) is 0 Å². The van der Waals surface area contributed by atoms with Crippen molar-refractivity contribution in [2.24, 2.45) is 10.7 Å². The molecule has 0 saturated heterocycles. The first-order valence-electron chi connectivity index (χ1n) is 9.73. The van der Waals surface area contributed by atoms with Gasteiger partial charge in [0.25, 0.3) is 0 Å². The zero-order valence-corrected chi connectivity index (χ0v) is 20.4. The standard InChI is InChI=1S/C18H30N8S4/c1-14-15(26-13-25-14)11-28-8-5-22-17(19)21-3-2-4-23-18(27)24-6-9-29-12-16-20-7-10-30-16/h7,10,13H,2-6,8-9,11-12H2,1H3,(H,25,26)(H3,19,21,22)(H2,23,24,27). The van der Waals surface area contributed by atoms with Gasteiger partial charge in [-0.2, -0.15) is 23.5 Å². The summed E-state index contributed by atoms with van der Waals surface area (Å²) in [6.45, 7) is 5.12. The Morgan fingerprint density at radius 1 is 1.17 bits per heavy atom. The SMILES string of the molecule is Cc1[nH]cnc1CSCCN=C(N)NCCCNC(=S)NCCSCc1nccs1. The number of hydrogen-bond donors (Lipinski definition) is 5. The van der Waals surface area contributed by atoms with Gasteiger partial charge in [-0.25, -0.2) is 9.97 Å². The molecule has 2 aromatic rings. The number of hydrogen-bond acceptors (Lipinski definition) is 7. The molecule has 166 valence electrons. The van der Waals surface area contributed by atoms with Gasteiger partial charge < -0.3 is 26.7 Å². The second kappa shape index (κ2) is 15.3. The van der Waals surface area contributed by atoms with Gasteiger partial charge in [0.05, 0.1) is 18.6 Å². The second-order valence-corrected chi connectivity index (χ2v) is 9.83. The van der Waals surface area contributed by atoms with Crippen molar-refractivity contribution in [2.45, 2.75) is 24.9 Å². The third-order valence-corrected chi connectivity index (χ3v) is 7.05. The Bertz CT molecular complexity index is 747. The Morgan fingerprint density at radius 3 is 2.73 bits per heavy atom. The van der Waals surface area contributed by atoms with Crippen molar-refractivity contribution < 1.29 is 0 Å². The van der Waals surface area contributed by atoms with Gasteiger partial charge in [0, 0.05) is 59.9 Å². The third kappa shape index (κ3) is 11.0. The number of thiocarbonyl (C=S) groups is 1. The molecule has 6 N–H and O–H groups in total. The fourth-order valence-corrected chi connectivity index (χ4v) is 4.89. The van der Waals surface area contributed by atoms with E-state index in [1.165, 1.54) is 5.01 Å². The summed E-state index contributed by atoms with van der Waals surface area (Å²) in [7, 11) is 0. The number of imidazole rings is 1. The zero-order chi connectivity index (χ0) is 21.4. The molecule has 2 rings (SSSR count). The predicted octanol–water partition coefficient (Wildman–Crippen LogP) is 2.10.